The highest BCUT2D eigenvalue weighted by molar-refractivity contribution is 9.10. The molecule has 1 heterocycles. The molecule has 3 heteroatoms. The van der Waals surface area contributed by atoms with E-state index in [1.165, 1.54) is 0 Å². The number of hydrogen-bond acceptors (Lipinski definition) is 1. The fourth-order valence-electron chi connectivity index (χ4n) is 1.98. The van der Waals surface area contributed by atoms with Crippen molar-refractivity contribution in [1.82, 2.24) is 4.98 Å². The second-order valence-electron chi connectivity index (χ2n) is 3.66. The lowest BCUT2D eigenvalue weighted by atomic mass is 10.1. The Morgan fingerprint density at radius 3 is 2.81 bits per heavy atom. The number of nitrogens with one attached hydrogen (secondary N) is 1. The van der Waals surface area contributed by atoms with Crippen molar-refractivity contribution in [1.29, 1.82) is 5.26 Å². The third-order valence-electron chi connectivity index (χ3n) is 2.70. The molecule has 0 fully saturated rings. The average molecular weight is 271 g/mol. The summed E-state index contributed by atoms with van der Waals surface area (Å²) in [6.07, 6.45) is 0. The monoisotopic (exact) mass is 270 g/mol. The standard InChI is InChI=1S/C13H7BrN2/c14-10-2-1-3-12-13(10)9-6-8(7-15)4-5-11(9)16-12/h1-6,16H. The maximum absolute atomic E-state index is 8.90. The lowest BCUT2D eigenvalue weighted by molar-refractivity contribution is 1.49. The van der Waals surface area contributed by atoms with Gasteiger partial charge in [-0.2, -0.15) is 5.26 Å². The summed E-state index contributed by atoms with van der Waals surface area (Å²) in [6, 6.07) is 13.9. The molecule has 0 spiro atoms. The summed E-state index contributed by atoms with van der Waals surface area (Å²) >= 11 is 3.54. The summed E-state index contributed by atoms with van der Waals surface area (Å²) in [5.41, 5.74) is 2.82. The fraction of sp³-hybridized carbons (Fsp3) is 0. The van der Waals surface area contributed by atoms with Crippen LogP contribution < -0.4 is 0 Å². The van der Waals surface area contributed by atoms with Gasteiger partial charge in [0.2, 0.25) is 0 Å². The number of aromatic nitrogens is 1. The van der Waals surface area contributed by atoms with E-state index in [9.17, 15) is 0 Å². The number of rotatable bonds is 0. The molecular formula is C13H7BrN2. The summed E-state index contributed by atoms with van der Waals surface area (Å²) in [4.78, 5) is 3.33. The second-order valence-corrected chi connectivity index (χ2v) is 4.51. The van der Waals surface area contributed by atoms with Crippen molar-refractivity contribution >= 4 is 37.7 Å². The molecule has 16 heavy (non-hydrogen) atoms. The molecule has 76 valence electrons. The van der Waals surface area contributed by atoms with E-state index in [2.05, 4.69) is 27.0 Å². The lowest BCUT2D eigenvalue weighted by Gasteiger charge is -1.94. The summed E-state index contributed by atoms with van der Waals surface area (Å²) in [6.45, 7) is 0. The summed E-state index contributed by atoms with van der Waals surface area (Å²) in [5.74, 6) is 0. The van der Waals surface area contributed by atoms with E-state index in [1.54, 1.807) is 0 Å². The molecule has 1 aromatic heterocycles. The molecule has 0 aliphatic carbocycles. The van der Waals surface area contributed by atoms with Crippen LogP contribution in [-0.4, -0.2) is 4.98 Å². The van der Waals surface area contributed by atoms with Crippen LogP contribution in [0.2, 0.25) is 0 Å². The molecule has 0 saturated heterocycles. The molecule has 2 aromatic carbocycles. The van der Waals surface area contributed by atoms with Gasteiger partial charge in [0, 0.05) is 26.3 Å². The zero-order valence-corrected chi connectivity index (χ0v) is 9.88. The van der Waals surface area contributed by atoms with Crippen molar-refractivity contribution < 1.29 is 0 Å². The van der Waals surface area contributed by atoms with Gasteiger partial charge in [0.05, 0.1) is 11.6 Å². The van der Waals surface area contributed by atoms with E-state index >= 15 is 0 Å². The van der Waals surface area contributed by atoms with Crippen LogP contribution in [0.5, 0.6) is 0 Å². The maximum Gasteiger partial charge on any atom is 0.0991 e. The first kappa shape index (κ1) is 9.44. The number of halogens is 1. The van der Waals surface area contributed by atoms with Gasteiger partial charge in [0.25, 0.3) is 0 Å². The van der Waals surface area contributed by atoms with E-state index in [1.807, 2.05) is 36.4 Å². The number of hydrogen-bond donors (Lipinski definition) is 1. The summed E-state index contributed by atoms with van der Waals surface area (Å²) in [7, 11) is 0. The van der Waals surface area contributed by atoms with Crippen LogP contribution in [0.3, 0.4) is 0 Å². The Kier molecular flexibility index (Phi) is 1.98. The smallest absolute Gasteiger partial charge is 0.0991 e. The fourth-order valence-corrected chi connectivity index (χ4v) is 2.56. The highest BCUT2D eigenvalue weighted by Gasteiger charge is 2.07. The van der Waals surface area contributed by atoms with Crippen molar-refractivity contribution in [3.05, 3.63) is 46.4 Å². The Labute approximate surface area is 101 Å². The lowest BCUT2D eigenvalue weighted by Crippen LogP contribution is -1.73. The first-order chi connectivity index (χ1) is 7.79. The van der Waals surface area contributed by atoms with Gasteiger partial charge in [-0.1, -0.05) is 22.0 Å². The average Bonchev–Trinajstić information content (AvgIpc) is 2.67. The van der Waals surface area contributed by atoms with Gasteiger partial charge >= 0.3 is 0 Å². The van der Waals surface area contributed by atoms with Crippen LogP contribution in [-0.2, 0) is 0 Å². The zero-order chi connectivity index (χ0) is 11.1. The van der Waals surface area contributed by atoms with Crippen LogP contribution in [0.4, 0.5) is 0 Å². The predicted molar refractivity (Wildman–Crippen MR) is 68.2 cm³/mol. The minimum Gasteiger partial charge on any atom is -0.354 e. The van der Waals surface area contributed by atoms with Crippen molar-refractivity contribution in [2.45, 2.75) is 0 Å². The Morgan fingerprint density at radius 1 is 1.12 bits per heavy atom. The van der Waals surface area contributed by atoms with Crippen LogP contribution in [0.25, 0.3) is 21.8 Å². The normalized spacial score (nSPS) is 10.8. The van der Waals surface area contributed by atoms with Gasteiger partial charge in [-0.15, -0.1) is 0 Å². The predicted octanol–water partition coefficient (Wildman–Crippen LogP) is 3.96. The number of benzene rings is 2. The molecule has 0 aliphatic rings. The summed E-state index contributed by atoms with van der Waals surface area (Å²) in [5, 5.41) is 11.1. The first-order valence-electron chi connectivity index (χ1n) is 4.89. The van der Waals surface area contributed by atoms with E-state index in [0.717, 1.165) is 26.3 Å². The number of nitriles is 1. The van der Waals surface area contributed by atoms with Gasteiger partial charge < -0.3 is 4.98 Å². The number of H-pyrrole nitrogens is 1. The third kappa shape index (κ3) is 1.24. The molecule has 1 N–H and O–H groups in total. The third-order valence-corrected chi connectivity index (χ3v) is 3.36. The minimum absolute atomic E-state index is 0.684. The van der Waals surface area contributed by atoms with Gasteiger partial charge in [-0.05, 0) is 30.3 Å². The zero-order valence-electron chi connectivity index (χ0n) is 8.29. The highest BCUT2D eigenvalue weighted by Crippen LogP contribution is 2.31. The SMILES string of the molecule is N#Cc1ccc2[nH]c3cccc(Br)c3c2c1. The Morgan fingerprint density at radius 2 is 2.00 bits per heavy atom. The molecule has 0 radical (unpaired) electrons. The molecule has 0 unspecified atom stereocenters. The van der Waals surface area contributed by atoms with Crippen LogP contribution in [0, 0.1) is 11.3 Å². The topological polar surface area (TPSA) is 39.6 Å². The summed E-state index contributed by atoms with van der Waals surface area (Å²) < 4.78 is 1.05. The molecule has 0 amide bonds. The van der Waals surface area contributed by atoms with Gasteiger partial charge in [-0.25, -0.2) is 0 Å². The van der Waals surface area contributed by atoms with Crippen molar-refractivity contribution in [3.63, 3.8) is 0 Å². The number of nitrogens with zero attached hydrogens (tertiary/aromatic N) is 1. The Bertz CT molecular complexity index is 735. The molecular weight excluding hydrogens is 264 g/mol. The van der Waals surface area contributed by atoms with E-state index < -0.39 is 0 Å². The highest BCUT2D eigenvalue weighted by atomic mass is 79.9. The molecule has 3 aromatic rings. The van der Waals surface area contributed by atoms with Crippen LogP contribution >= 0.6 is 15.9 Å². The molecule has 0 saturated carbocycles. The van der Waals surface area contributed by atoms with E-state index in [0.29, 0.717) is 5.56 Å². The number of aromatic amines is 1. The first-order valence-corrected chi connectivity index (χ1v) is 5.69. The molecule has 2 nitrogen and oxygen atoms in total. The van der Waals surface area contributed by atoms with Crippen molar-refractivity contribution in [2.75, 3.05) is 0 Å². The van der Waals surface area contributed by atoms with E-state index in [4.69, 9.17) is 5.26 Å². The van der Waals surface area contributed by atoms with E-state index in [-0.39, 0.29) is 0 Å². The molecule has 0 atom stereocenters. The minimum atomic E-state index is 0.684. The Balaban J connectivity index is 2.56. The second kappa shape index (κ2) is 3.36. The van der Waals surface area contributed by atoms with Crippen molar-refractivity contribution in [2.24, 2.45) is 0 Å². The van der Waals surface area contributed by atoms with Crippen molar-refractivity contribution in [3.8, 4) is 6.07 Å². The largest absolute Gasteiger partial charge is 0.354 e. The maximum atomic E-state index is 8.90. The number of fused-ring (bicyclic) bond motifs is 3. The van der Waals surface area contributed by atoms with Crippen LogP contribution in [0.1, 0.15) is 5.56 Å². The Hall–Kier alpha value is -1.79. The molecule has 0 bridgehead atoms. The van der Waals surface area contributed by atoms with Gasteiger partial charge in [-0.3, -0.25) is 0 Å². The molecule has 0 aliphatic heterocycles. The van der Waals surface area contributed by atoms with Gasteiger partial charge in [0.15, 0.2) is 0 Å². The quantitative estimate of drug-likeness (QED) is 0.660. The molecule has 3 rings (SSSR count). The van der Waals surface area contributed by atoms with Gasteiger partial charge in [0.1, 0.15) is 0 Å². The van der Waals surface area contributed by atoms with Crippen LogP contribution in [0.15, 0.2) is 40.9 Å².